The van der Waals surface area contributed by atoms with Gasteiger partial charge in [-0.1, -0.05) is 29.8 Å². The number of para-hydroxylation sites is 1. The number of nitrogens with one attached hydrogen (secondary N) is 1. The number of halogens is 1. The predicted octanol–water partition coefficient (Wildman–Crippen LogP) is 5.45. The molecule has 0 saturated carbocycles. The van der Waals surface area contributed by atoms with E-state index in [0.29, 0.717) is 15.6 Å². The van der Waals surface area contributed by atoms with Crippen molar-refractivity contribution in [2.45, 2.75) is 13.5 Å². The molecule has 3 aromatic rings. The minimum atomic E-state index is -0.514. The van der Waals surface area contributed by atoms with E-state index in [2.05, 4.69) is 5.32 Å². The first-order chi connectivity index (χ1) is 12.9. The van der Waals surface area contributed by atoms with Crippen LogP contribution in [0.4, 0.5) is 11.4 Å². The molecule has 0 bridgehead atoms. The van der Waals surface area contributed by atoms with E-state index in [1.54, 1.807) is 36.6 Å². The molecule has 0 aliphatic rings. The largest absolute Gasteiger partial charge is 0.487 e. The highest BCUT2D eigenvalue weighted by molar-refractivity contribution is 7.12. The van der Waals surface area contributed by atoms with Crippen LogP contribution < -0.4 is 10.1 Å². The summed E-state index contributed by atoms with van der Waals surface area (Å²) in [6.45, 7) is 2.02. The number of aryl methyl sites for hydroxylation is 1. The molecule has 0 aliphatic carbocycles. The van der Waals surface area contributed by atoms with Gasteiger partial charge in [-0.05, 0) is 42.1 Å². The van der Waals surface area contributed by atoms with Crippen molar-refractivity contribution >= 4 is 40.2 Å². The van der Waals surface area contributed by atoms with Crippen molar-refractivity contribution in [2.24, 2.45) is 0 Å². The van der Waals surface area contributed by atoms with Crippen LogP contribution in [0.5, 0.6) is 5.75 Å². The molecule has 0 saturated heterocycles. The molecule has 0 fully saturated rings. The van der Waals surface area contributed by atoms with Gasteiger partial charge in [0.05, 0.1) is 14.8 Å². The number of hydrogen-bond donors (Lipinski definition) is 1. The van der Waals surface area contributed by atoms with Crippen LogP contribution in [0.25, 0.3) is 0 Å². The van der Waals surface area contributed by atoms with Gasteiger partial charge in [-0.2, -0.15) is 0 Å². The molecule has 1 aromatic heterocycles. The molecular formula is C19H15ClN2O4S. The second-order valence-electron chi connectivity index (χ2n) is 5.77. The third kappa shape index (κ3) is 4.64. The summed E-state index contributed by atoms with van der Waals surface area (Å²) in [5, 5.41) is 16.1. The zero-order valence-electron chi connectivity index (χ0n) is 14.3. The molecule has 6 nitrogen and oxygen atoms in total. The van der Waals surface area contributed by atoms with E-state index in [9.17, 15) is 14.9 Å². The van der Waals surface area contributed by atoms with Crippen molar-refractivity contribution in [2.75, 3.05) is 5.32 Å². The smallest absolute Gasteiger partial charge is 0.293 e. The van der Waals surface area contributed by atoms with Crippen LogP contribution in [0.3, 0.4) is 0 Å². The van der Waals surface area contributed by atoms with Gasteiger partial charge in [0.25, 0.3) is 11.6 Å². The van der Waals surface area contributed by atoms with E-state index < -0.39 is 10.8 Å². The average molecular weight is 403 g/mol. The van der Waals surface area contributed by atoms with E-state index in [4.69, 9.17) is 16.3 Å². The molecule has 1 N–H and O–H groups in total. The SMILES string of the molecule is Cc1ccc(NC(=O)c2cc(COc3ccccc3Cl)cs2)c([N+](=O)[O-])c1. The minimum Gasteiger partial charge on any atom is -0.487 e. The number of anilines is 1. The predicted molar refractivity (Wildman–Crippen MR) is 106 cm³/mol. The van der Waals surface area contributed by atoms with Crippen LogP contribution in [0, 0.1) is 17.0 Å². The summed E-state index contributed by atoms with van der Waals surface area (Å²) in [4.78, 5) is 23.5. The third-order valence-corrected chi connectivity index (χ3v) is 5.00. The number of carbonyl (C=O) groups excluding carboxylic acids is 1. The van der Waals surface area contributed by atoms with Crippen molar-refractivity contribution < 1.29 is 14.5 Å². The number of benzene rings is 2. The van der Waals surface area contributed by atoms with Crippen LogP contribution in [0.2, 0.25) is 5.02 Å². The van der Waals surface area contributed by atoms with E-state index in [0.717, 1.165) is 11.1 Å². The minimum absolute atomic E-state index is 0.137. The quantitative estimate of drug-likeness (QED) is 0.439. The summed E-state index contributed by atoms with van der Waals surface area (Å²) < 4.78 is 5.65. The Balaban J connectivity index is 1.69. The maximum atomic E-state index is 12.4. The average Bonchev–Trinajstić information content (AvgIpc) is 3.11. The molecule has 1 heterocycles. The topological polar surface area (TPSA) is 81.5 Å². The molecule has 0 atom stereocenters. The number of amides is 1. The molecule has 0 unspecified atom stereocenters. The fourth-order valence-electron chi connectivity index (χ4n) is 2.38. The Hall–Kier alpha value is -2.90. The number of ether oxygens (including phenoxy) is 1. The van der Waals surface area contributed by atoms with Crippen LogP contribution in [0.1, 0.15) is 20.8 Å². The zero-order chi connectivity index (χ0) is 19.4. The molecule has 0 aliphatic heterocycles. The second kappa shape index (κ2) is 8.20. The summed E-state index contributed by atoms with van der Waals surface area (Å²) in [6, 6.07) is 13.5. The van der Waals surface area contributed by atoms with Gasteiger partial charge in [0.1, 0.15) is 18.0 Å². The number of nitro benzene ring substituents is 1. The number of nitro groups is 1. The van der Waals surface area contributed by atoms with Gasteiger partial charge in [-0.15, -0.1) is 11.3 Å². The first kappa shape index (κ1) is 18.9. The molecule has 8 heteroatoms. The van der Waals surface area contributed by atoms with Gasteiger partial charge in [0.15, 0.2) is 0 Å². The lowest BCUT2D eigenvalue weighted by molar-refractivity contribution is -0.384. The second-order valence-corrected chi connectivity index (χ2v) is 7.09. The normalized spacial score (nSPS) is 10.4. The molecular weight excluding hydrogens is 388 g/mol. The van der Waals surface area contributed by atoms with Crippen molar-refractivity contribution in [1.82, 2.24) is 0 Å². The highest BCUT2D eigenvalue weighted by atomic mass is 35.5. The van der Waals surface area contributed by atoms with Crippen LogP contribution in [0.15, 0.2) is 53.9 Å². The number of thiophene rings is 1. The summed E-state index contributed by atoms with van der Waals surface area (Å²) in [5.74, 6) is 0.155. The Morgan fingerprint density at radius 3 is 2.78 bits per heavy atom. The van der Waals surface area contributed by atoms with Gasteiger partial charge in [0.2, 0.25) is 0 Å². The van der Waals surface area contributed by atoms with Crippen molar-refractivity contribution in [3.05, 3.63) is 85.1 Å². The summed E-state index contributed by atoms with van der Waals surface area (Å²) in [6.07, 6.45) is 0. The lowest BCUT2D eigenvalue weighted by atomic mass is 10.2. The first-order valence-electron chi connectivity index (χ1n) is 7.95. The number of rotatable bonds is 6. The Morgan fingerprint density at radius 2 is 2.04 bits per heavy atom. The first-order valence-corrected chi connectivity index (χ1v) is 9.21. The maximum absolute atomic E-state index is 12.4. The maximum Gasteiger partial charge on any atom is 0.293 e. The van der Waals surface area contributed by atoms with E-state index in [-0.39, 0.29) is 18.0 Å². The zero-order valence-corrected chi connectivity index (χ0v) is 15.8. The monoisotopic (exact) mass is 402 g/mol. The Labute approximate surface area is 164 Å². The van der Waals surface area contributed by atoms with Gasteiger partial charge in [-0.25, -0.2) is 0 Å². The molecule has 27 heavy (non-hydrogen) atoms. The summed E-state index contributed by atoms with van der Waals surface area (Å²) in [7, 11) is 0. The Bertz CT molecular complexity index is 1000. The number of nitrogens with zero attached hydrogens (tertiary/aromatic N) is 1. The highest BCUT2D eigenvalue weighted by Crippen LogP contribution is 2.28. The number of hydrogen-bond acceptors (Lipinski definition) is 5. The molecule has 2 aromatic carbocycles. The van der Waals surface area contributed by atoms with Gasteiger partial charge in [-0.3, -0.25) is 14.9 Å². The lowest BCUT2D eigenvalue weighted by Gasteiger charge is -2.06. The van der Waals surface area contributed by atoms with Crippen LogP contribution >= 0.6 is 22.9 Å². The van der Waals surface area contributed by atoms with E-state index >= 15 is 0 Å². The van der Waals surface area contributed by atoms with Crippen molar-refractivity contribution in [1.29, 1.82) is 0 Å². The van der Waals surface area contributed by atoms with Crippen LogP contribution in [-0.4, -0.2) is 10.8 Å². The van der Waals surface area contributed by atoms with Gasteiger partial charge >= 0.3 is 0 Å². The third-order valence-electron chi connectivity index (χ3n) is 3.71. The van der Waals surface area contributed by atoms with Gasteiger partial charge in [0, 0.05) is 11.6 Å². The molecule has 0 radical (unpaired) electrons. The summed E-state index contributed by atoms with van der Waals surface area (Å²) >= 11 is 7.29. The van der Waals surface area contributed by atoms with E-state index in [1.165, 1.54) is 23.5 Å². The van der Waals surface area contributed by atoms with Gasteiger partial charge < -0.3 is 10.1 Å². The molecule has 3 rings (SSSR count). The van der Waals surface area contributed by atoms with Crippen molar-refractivity contribution in [3.8, 4) is 5.75 Å². The molecule has 0 spiro atoms. The fraction of sp³-hybridized carbons (Fsp3) is 0.105. The Morgan fingerprint density at radius 1 is 1.26 bits per heavy atom. The fourth-order valence-corrected chi connectivity index (χ4v) is 3.36. The summed E-state index contributed by atoms with van der Waals surface area (Å²) in [5.41, 5.74) is 1.58. The molecule has 1 amide bonds. The molecule has 138 valence electrons. The lowest BCUT2D eigenvalue weighted by Crippen LogP contribution is -2.11. The van der Waals surface area contributed by atoms with E-state index in [1.807, 2.05) is 12.1 Å². The van der Waals surface area contributed by atoms with Crippen LogP contribution in [-0.2, 0) is 6.61 Å². The number of carbonyl (C=O) groups is 1. The standard InChI is InChI=1S/C19H15ClN2O4S/c1-12-6-7-15(16(8-12)22(24)25)21-19(23)18-9-13(11-27-18)10-26-17-5-3-2-4-14(17)20/h2-9,11H,10H2,1H3,(H,21,23). The highest BCUT2D eigenvalue weighted by Gasteiger charge is 2.18. The Kier molecular flexibility index (Phi) is 5.73. The van der Waals surface area contributed by atoms with Crippen molar-refractivity contribution in [3.63, 3.8) is 0 Å².